The molecule has 4 aromatic rings. The van der Waals surface area contributed by atoms with Crippen LogP contribution in [0.25, 0.3) is 22.0 Å². The summed E-state index contributed by atoms with van der Waals surface area (Å²) >= 11 is 0. The van der Waals surface area contributed by atoms with Gasteiger partial charge in [0.25, 0.3) is 5.91 Å². The van der Waals surface area contributed by atoms with E-state index in [1.165, 1.54) is 24.8 Å². The SMILES string of the molecule is Cc1ccnc(NC(=O)c2n[nH]c3ccc(-c4cncc(CN5CCCCC5)c4)cc23)c1. The van der Waals surface area contributed by atoms with Gasteiger partial charge in [-0.15, -0.1) is 0 Å². The van der Waals surface area contributed by atoms with Crippen LogP contribution in [0, 0.1) is 6.92 Å². The van der Waals surface area contributed by atoms with Crippen LogP contribution in [0.15, 0.2) is 55.0 Å². The summed E-state index contributed by atoms with van der Waals surface area (Å²) < 4.78 is 0. The van der Waals surface area contributed by atoms with Crippen LogP contribution in [0.4, 0.5) is 5.82 Å². The molecule has 5 rings (SSSR count). The van der Waals surface area contributed by atoms with Crippen molar-refractivity contribution < 1.29 is 4.79 Å². The molecule has 0 aliphatic carbocycles. The number of piperidine rings is 1. The molecule has 2 N–H and O–H groups in total. The monoisotopic (exact) mass is 426 g/mol. The Morgan fingerprint density at radius 2 is 1.94 bits per heavy atom. The second kappa shape index (κ2) is 8.88. The zero-order chi connectivity index (χ0) is 21.9. The third kappa shape index (κ3) is 4.38. The van der Waals surface area contributed by atoms with Crippen LogP contribution in [-0.4, -0.2) is 44.1 Å². The van der Waals surface area contributed by atoms with Crippen molar-refractivity contribution in [2.45, 2.75) is 32.7 Å². The molecule has 3 aromatic heterocycles. The number of aromatic nitrogens is 4. The van der Waals surface area contributed by atoms with Gasteiger partial charge in [0.05, 0.1) is 5.52 Å². The Labute approximate surface area is 186 Å². The number of hydrogen-bond donors (Lipinski definition) is 2. The summed E-state index contributed by atoms with van der Waals surface area (Å²) in [6.45, 7) is 5.19. The minimum atomic E-state index is -0.288. The van der Waals surface area contributed by atoms with Crippen molar-refractivity contribution in [3.63, 3.8) is 0 Å². The summed E-state index contributed by atoms with van der Waals surface area (Å²) in [6, 6.07) is 11.9. The van der Waals surface area contributed by atoms with Crippen molar-refractivity contribution in [3.8, 4) is 11.1 Å². The highest BCUT2D eigenvalue weighted by Gasteiger charge is 2.16. The number of benzene rings is 1. The van der Waals surface area contributed by atoms with Crippen LogP contribution in [-0.2, 0) is 6.54 Å². The predicted octanol–water partition coefficient (Wildman–Crippen LogP) is 4.57. The Hall–Kier alpha value is -3.58. The fourth-order valence-corrected chi connectivity index (χ4v) is 4.25. The van der Waals surface area contributed by atoms with E-state index in [9.17, 15) is 4.79 Å². The standard InChI is InChI=1S/C25H26N6O/c1-17-7-8-27-23(11-17)28-25(32)24-21-13-19(5-6-22(21)29-30-24)20-12-18(14-26-15-20)16-31-9-3-2-4-10-31/h5-8,11-15H,2-4,9-10,16H2,1H3,(H,29,30)(H,27,28,32). The van der Waals surface area contributed by atoms with E-state index in [0.717, 1.165) is 47.2 Å². The number of rotatable bonds is 5. The van der Waals surface area contributed by atoms with Crippen LogP contribution in [0.5, 0.6) is 0 Å². The second-order valence-corrected chi connectivity index (χ2v) is 8.42. The zero-order valence-electron chi connectivity index (χ0n) is 18.1. The summed E-state index contributed by atoms with van der Waals surface area (Å²) in [6.07, 6.45) is 9.37. The van der Waals surface area contributed by atoms with Gasteiger partial charge in [-0.3, -0.25) is 19.8 Å². The molecular weight excluding hydrogens is 400 g/mol. The minimum Gasteiger partial charge on any atom is -0.305 e. The molecule has 0 bridgehead atoms. The summed E-state index contributed by atoms with van der Waals surface area (Å²) in [5.74, 6) is 0.223. The normalized spacial score (nSPS) is 14.5. The highest BCUT2D eigenvalue weighted by Crippen LogP contribution is 2.26. The zero-order valence-corrected chi connectivity index (χ0v) is 18.1. The molecule has 7 nitrogen and oxygen atoms in total. The van der Waals surface area contributed by atoms with E-state index in [1.807, 2.05) is 49.6 Å². The van der Waals surface area contributed by atoms with Crippen LogP contribution in [0.3, 0.4) is 0 Å². The first-order chi connectivity index (χ1) is 15.7. The second-order valence-electron chi connectivity index (χ2n) is 8.42. The molecule has 4 heterocycles. The van der Waals surface area contributed by atoms with E-state index in [2.05, 4.69) is 36.4 Å². The average molecular weight is 427 g/mol. The number of pyridine rings is 2. The molecule has 7 heteroatoms. The molecule has 1 aliphatic heterocycles. The maximum Gasteiger partial charge on any atom is 0.277 e. The maximum absolute atomic E-state index is 12.9. The number of fused-ring (bicyclic) bond motifs is 1. The molecule has 1 saturated heterocycles. The van der Waals surface area contributed by atoms with Crippen molar-refractivity contribution >= 4 is 22.6 Å². The lowest BCUT2D eigenvalue weighted by atomic mass is 10.0. The van der Waals surface area contributed by atoms with E-state index in [4.69, 9.17) is 0 Å². The molecule has 162 valence electrons. The van der Waals surface area contributed by atoms with E-state index in [1.54, 1.807) is 6.20 Å². The number of nitrogens with one attached hydrogen (secondary N) is 2. The third-order valence-corrected chi connectivity index (χ3v) is 5.92. The highest BCUT2D eigenvalue weighted by molar-refractivity contribution is 6.11. The molecule has 0 unspecified atom stereocenters. The number of aryl methyl sites for hydroxylation is 1. The number of H-pyrrole nitrogens is 1. The summed E-state index contributed by atoms with van der Waals surface area (Å²) in [7, 11) is 0. The Balaban J connectivity index is 1.41. The van der Waals surface area contributed by atoms with Gasteiger partial charge in [-0.2, -0.15) is 5.10 Å². The van der Waals surface area contributed by atoms with E-state index < -0.39 is 0 Å². The van der Waals surface area contributed by atoms with Gasteiger partial charge in [0, 0.05) is 36.1 Å². The Morgan fingerprint density at radius 3 is 2.78 bits per heavy atom. The van der Waals surface area contributed by atoms with Crippen LogP contribution in [0.1, 0.15) is 40.9 Å². The average Bonchev–Trinajstić information content (AvgIpc) is 3.23. The van der Waals surface area contributed by atoms with Gasteiger partial charge in [-0.05, 0) is 79.9 Å². The fourth-order valence-electron chi connectivity index (χ4n) is 4.25. The molecule has 0 saturated carbocycles. The highest BCUT2D eigenvalue weighted by atomic mass is 16.2. The first-order valence-corrected chi connectivity index (χ1v) is 11.0. The van der Waals surface area contributed by atoms with Gasteiger partial charge in [-0.25, -0.2) is 4.98 Å². The molecule has 0 atom stereocenters. The Morgan fingerprint density at radius 1 is 1.06 bits per heavy atom. The van der Waals surface area contributed by atoms with Crippen molar-refractivity contribution in [1.82, 2.24) is 25.1 Å². The lowest BCUT2D eigenvalue weighted by Crippen LogP contribution is -2.29. The van der Waals surface area contributed by atoms with E-state index in [0.29, 0.717) is 11.5 Å². The lowest BCUT2D eigenvalue weighted by Gasteiger charge is -2.26. The number of aromatic amines is 1. The molecule has 32 heavy (non-hydrogen) atoms. The quantitative estimate of drug-likeness (QED) is 0.488. The first kappa shape index (κ1) is 20.3. The molecular formula is C25H26N6O. The number of nitrogens with zero attached hydrogens (tertiary/aromatic N) is 4. The largest absolute Gasteiger partial charge is 0.305 e. The van der Waals surface area contributed by atoms with E-state index in [-0.39, 0.29) is 5.91 Å². The topological polar surface area (TPSA) is 86.8 Å². The van der Waals surface area contributed by atoms with Gasteiger partial charge in [0.1, 0.15) is 5.82 Å². The van der Waals surface area contributed by atoms with Crippen molar-refractivity contribution in [2.24, 2.45) is 0 Å². The lowest BCUT2D eigenvalue weighted by molar-refractivity contribution is 0.102. The van der Waals surface area contributed by atoms with Gasteiger partial charge >= 0.3 is 0 Å². The van der Waals surface area contributed by atoms with Gasteiger partial charge in [-0.1, -0.05) is 12.5 Å². The number of amides is 1. The van der Waals surface area contributed by atoms with Crippen LogP contribution in [0.2, 0.25) is 0 Å². The molecule has 1 aromatic carbocycles. The number of carbonyl (C=O) groups is 1. The van der Waals surface area contributed by atoms with Gasteiger partial charge in [0.15, 0.2) is 5.69 Å². The smallest absolute Gasteiger partial charge is 0.277 e. The molecule has 1 fully saturated rings. The first-order valence-electron chi connectivity index (χ1n) is 11.0. The Bertz CT molecular complexity index is 1260. The molecule has 1 aliphatic rings. The van der Waals surface area contributed by atoms with Crippen molar-refractivity contribution in [1.29, 1.82) is 0 Å². The summed E-state index contributed by atoms with van der Waals surface area (Å²) in [5, 5.41) is 10.8. The van der Waals surface area contributed by atoms with Crippen molar-refractivity contribution in [3.05, 3.63) is 71.8 Å². The van der Waals surface area contributed by atoms with Crippen LogP contribution >= 0.6 is 0 Å². The maximum atomic E-state index is 12.9. The van der Waals surface area contributed by atoms with Crippen molar-refractivity contribution in [2.75, 3.05) is 18.4 Å². The predicted molar refractivity (Wildman–Crippen MR) is 125 cm³/mol. The Kier molecular flexibility index (Phi) is 5.64. The number of likely N-dealkylation sites (tertiary alicyclic amines) is 1. The molecule has 0 spiro atoms. The number of hydrogen-bond acceptors (Lipinski definition) is 5. The van der Waals surface area contributed by atoms with Gasteiger partial charge in [0.2, 0.25) is 0 Å². The van der Waals surface area contributed by atoms with E-state index >= 15 is 0 Å². The molecule has 1 amide bonds. The number of carbonyl (C=O) groups excluding carboxylic acids is 1. The fraction of sp³-hybridized carbons (Fsp3) is 0.280. The third-order valence-electron chi connectivity index (χ3n) is 5.92. The minimum absolute atomic E-state index is 0.288. The number of anilines is 1. The summed E-state index contributed by atoms with van der Waals surface area (Å²) in [4.78, 5) is 24.1. The van der Waals surface area contributed by atoms with Crippen LogP contribution < -0.4 is 5.32 Å². The molecule has 0 radical (unpaired) electrons. The van der Waals surface area contributed by atoms with Gasteiger partial charge < -0.3 is 5.32 Å². The summed E-state index contributed by atoms with van der Waals surface area (Å²) in [5.41, 5.74) is 5.45.